The molecule has 2 heterocycles. The van der Waals surface area contributed by atoms with E-state index in [2.05, 4.69) is 10.3 Å². The van der Waals surface area contributed by atoms with Gasteiger partial charge in [0.15, 0.2) is 0 Å². The van der Waals surface area contributed by atoms with Crippen LogP contribution in [0.2, 0.25) is 5.02 Å². The highest BCUT2D eigenvalue weighted by atomic mass is 35.5. The minimum absolute atomic E-state index is 0.0803. The molecule has 0 bridgehead atoms. The number of hydrogen-bond acceptors (Lipinski definition) is 3. The van der Waals surface area contributed by atoms with Crippen LogP contribution in [0, 0.1) is 13.8 Å². The summed E-state index contributed by atoms with van der Waals surface area (Å²) in [5.74, 6) is -0.463. The molecule has 0 radical (unpaired) electrons. The lowest BCUT2D eigenvalue weighted by molar-refractivity contribution is 0.102. The predicted octanol–water partition coefficient (Wildman–Crippen LogP) is 3.94. The van der Waals surface area contributed by atoms with Crippen LogP contribution in [0.3, 0.4) is 0 Å². The van der Waals surface area contributed by atoms with Gasteiger partial charge in [0, 0.05) is 29.1 Å². The number of benzene rings is 1. The molecule has 0 spiro atoms. The smallest absolute Gasteiger partial charge is 0.261 e. The summed E-state index contributed by atoms with van der Waals surface area (Å²) in [6.07, 6.45) is 1.56. The molecule has 0 aliphatic rings. The van der Waals surface area contributed by atoms with Gasteiger partial charge in [-0.15, -0.1) is 0 Å². The van der Waals surface area contributed by atoms with Crippen molar-refractivity contribution in [1.82, 2.24) is 9.55 Å². The normalized spacial score (nSPS) is 10.9. The molecule has 3 aromatic rings. The minimum atomic E-state index is -0.463. The number of fused-ring (bicyclic) bond motifs is 1. The van der Waals surface area contributed by atoms with E-state index in [4.69, 9.17) is 11.6 Å². The Kier molecular flexibility index (Phi) is 4.59. The van der Waals surface area contributed by atoms with E-state index in [1.807, 2.05) is 26.8 Å². The van der Waals surface area contributed by atoms with E-state index in [1.165, 1.54) is 0 Å². The van der Waals surface area contributed by atoms with Crippen LogP contribution >= 0.6 is 11.6 Å². The zero-order valence-corrected chi connectivity index (χ0v) is 15.0. The Balaban J connectivity index is 2.07. The van der Waals surface area contributed by atoms with Gasteiger partial charge in [0.1, 0.15) is 11.2 Å². The Hall–Kier alpha value is -2.66. The van der Waals surface area contributed by atoms with E-state index in [0.29, 0.717) is 28.3 Å². The summed E-state index contributed by atoms with van der Waals surface area (Å²) in [5.41, 5.74) is 2.62. The predicted molar refractivity (Wildman–Crippen MR) is 101 cm³/mol. The molecule has 1 amide bonds. The van der Waals surface area contributed by atoms with Crippen LogP contribution in [-0.4, -0.2) is 15.5 Å². The van der Waals surface area contributed by atoms with Gasteiger partial charge >= 0.3 is 0 Å². The van der Waals surface area contributed by atoms with Crippen LogP contribution in [0.15, 0.2) is 41.3 Å². The molecule has 0 aliphatic carbocycles. The number of amides is 1. The first kappa shape index (κ1) is 17.2. The fourth-order valence-electron chi connectivity index (χ4n) is 2.63. The van der Waals surface area contributed by atoms with E-state index in [0.717, 1.165) is 11.3 Å². The third-order valence-corrected chi connectivity index (χ3v) is 4.48. The fourth-order valence-corrected chi connectivity index (χ4v) is 2.81. The van der Waals surface area contributed by atoms with Gasteiger partial charge in [-0.05, 0) is 50.6 Å². The second-order valence-corrected chi connectivity index (χ2v) is 6.31. The van der Waals surface area contributed by atoms with Crippen molar-refractivity contribution in [2.75, 3.05) is 5.32 Å². The molecule has 0 saturated heterocycles. The van der Waals surface area contributed by atoms with E-state index in [-0.39, 0.29) is 11.0 Å². The average Bonchev–Trinajstić information content (AvgIpc) is 2.58. The van der Waals surface area contributed by atoms with Crippen molar-refractivity contribution < 1.29 is 4.79 Å². The van der Waals surface area contributed by atoms with Gasteiger partial charge in [0.25, 0.3) is 5.91 Å². The highest BCUT2D eigenvalue weighted by Gasteiger charge is 2.16. The molecule has 1 aromatic carbocycles. The molecular weight excluding hydrogens is 338 g/mol. The molecule has 2 aromatic heterocycles. The number of pyridine rings is 2. The van der Waals surface area contributed by atoms with Crippen molar-refractivity contribution >= 4 is 34.2 Å². The van der Waals surface area contributed by atoms with Gasteiger partial charge in [-0.2, -0.15) is 0 Å². The molecule has 25 heavy (non-hydrogen) atoms. The van der Waals surface area contributed by atoms with Crippen LogP contribution in [0.4, 0.5) is 5.69 Å². The molecule has 0 aliphatic heterocycles. The number of nitrogens with one attached hydrogen (secondary N) is 1. The third-order valence-electron chi connectivity index (χ3n) is 4.08. The molecule has 6 heteroatoms. The number of hydrogen-bond donors (Lipinski definition) is 1. The SMILES string of the molecule is CCn1cc(C(=O)Nc2ccc(C)c(Cl)c2)c(=O)c2ccc(C)nc21. The summed E-state index contributed by atoms with van der Waals surface area (Å²) in [6.45, 7) is 6.29. The van der Waals surface area contributed by atoms with Crippen LogP contribution < -0.4 is 10.7 Å². The highest BCUT2D eigenvalue weighted by molar-refractivity contribution is 6.31. The summed E-state index contributed by atoms with van der Waals surface area (Å²) >= 11 is 6.09. The number of anilines is 1. The van der Waals surface area contributed by atoms with Crippen molar-refractivity contribution in [1.29, 1.82) is 0 Å². The first-order chi connectivity index (χ1) is 11.9. The number of carbonyl (C=O) groups is 1. The van der Waals surface area contributed by atoms with Crippen LogP contribution in [0.25, 0.3) is 11.0 Å². The quantitative estimate of drug-likeness (QED) is 0.774. The molecule has 0 atom stereocenters. The Morgan fingerprint density at radius 3 is 2.68 bits per heavy atom. The second kappa shape index (κ2) is 6.69. The maximum atomic E-state index is 12.7. The molecule has 0 fully saturated rings. The topological polar surface area (TPSA) is 64.0 Å². The minimum Gasteiger partial charge on any atom is -0.332 e. The van der Waals surface area contributed by atoms with E-state index < -0.39 is 5.91 Å². The van der Waals surface area contributed by atoms with Gasteiger partial charge in [0.2, 0.25) is 5.43 Å². The summed E-state index contributed by atoms with van der Waals surface area (Å²) in [5, 5.41) is 3.73. The highest BCUT2D eigenvalue weighted by Crippen LogP contribution is 2.20. The van der Waals surface area contributed by atoms with Gasteiger partial charge < -0.3 is 9.88 Å². The summed E-state index contributed by atoms with van der Waals surface area (Å²) < 4.78 is 1.81. The van der Waals surface area contributed by atoms with Crippen LogP contribution in [0.5, 0.6) is 0 Å². The molecule has 1 N–H and O–H groups in total. The number of nitrogens with zero attached hydrogens (tertiary/aromatic N) is 2. The van der Waals surface area contributed by atoms with E-state index in [9.17, 15) is 9.59 Å². The van der Waals surface area contributed by atoms with Gasteiger partial charge in [-0.3, -0.25) is 9.59 Å². The summed E-state index contributed by atoms with van der Waals surface area (Å²) in [4.78, 5) is 29.8. The average molecular weight is 356 g/mol. The maximum Gasteiger partial charge on any atom is 0.261 e. The van der Waals surface area contributed by atoms with Crippen LogP contribution in [-0.2, 0) is 6.54 Å². The number of aryl methyl sites for hydroxylation is 3. The monoisotopic (exact) mass is 355 g/mol. The second-order valence-electron chi connectivity index (χ2n) is 5.90. The van der Waals surface area contributed by atoms with Gasteiger partial charge in [-0.25, -0.2) is 4.98 Å². The van der Waals surface area contributed by atoms with E-state index >= 15 is 0 Å². The number of halogens is 1. The van der Waals surface area contributed by atoms with Crippen molar-refractivity contribution in [2.24, 2.45) is 0 Å². The zero-order valence-electron chi connectivity index (χ0n) is 14.3. The Morgan fingerprint density at radius 1 is 1.24 bits per heavy atom. The van der Waals surface area contributed by atoms with Crippen LogP contribution in [0.1, 0.15) is 28.5 Å². The number of carbonyl (C=O) groups excluding carboxylic acids is 1. The molecule has 3 rings (SSSR count). The standard InChI is InChI=1S/C19H18ClN3O2/c1-4-23-10-15(17(24)14-8-6-12(3)21-18(14)23)19(25)22-13-7-5-11(2)16(20)9-13/h5-10H,4H2,1-3H3,(H,22,25). The van der Waals surface area contributed by atoms with E-state index in [1.54, 1.807) is 35.0 Å². The largest absolute Gasteiger partial charge is 0.332 e. The molecule has 5 nitrogen and oxygen atoms in total. The Bertz CT molecular complexity index is 1040. The van der Waals surface area contributed by atoms with Crippen molar-refractivity contribution in [3.8, 4) is 0 Å². The Labute approximate surface area is 150 Å². The lowest BCUT2D eigenvalue weighted by Gasteiger charge is -2.12. The Morgan fingerprint density at radius 2 is 2.00 bits per heavy atom. The molecule has 128 valence electrons. The third kappa shape index (κ3) is 3.28. The molecule has 0 unspecified atom stereocenters. The first-order valence-corrected chi connectivity index (χ1v) is 8.36. The van der Waals surface area contributed by atoms with Crippen molar-refractivity contribution in [3.63, 3.8) is 0 Å². The van der Waals surface area contributed by atoms with Crippen molar-refractivity contribution in [3.05, 3.63) is 68.6 Å². The lowest BCUT2D eigenvalue weighted by Crippen LogP contribution is -2.24. The maximum absolute atomic E-state index is 12.7. The summed E-state index contributed by atoms with van der Waals surface area (Å²) in [7, 11) is 0. The number of rotatable bonds is 3. The van der Waals surface area contributed by atoms with Crippen molar-refractivity contribution in [2.45, 2.75) is 27.3 Å². The first-order valence-electron chi connectivity index (χ1n) is 7.99. The fraction of sp³-hybridized carbons (Fsp3) is 0.211. The van der Waals surface area contributed by atoms with Gasteiger partial charge in [-0.1, -0.05) is 17.7 Å². The molecular formula is C19H18ClN3O2. The summed E-state index contributed by atoms with van der Waals surface area (Å²) in [6, 6.07) is 8.72. The number of aromatic nitrogens is 2. The zero-order chi connectivity index (χ0) is 18.1. The lowest BCUT2D eigenvalue weighted by atomic mass is 10.1. The molecule has 0 saturated carbocycles. The van der Waals surface area contributed by atoms with Gasteiger partial charge in [0.05, 0.1) is 5.39 Å².